The zero-order valence-electron chi connectivity index (χ0n) is 11.1. The van der Waals surface area contributed by atoms with E-state index in [1.54, 1.807) is 6.92 Å². The van der Waals surface area contributed by atoms with E-state index in [-0.39, 0.29) is 11.5 Å². The number of nitrogens with zero attached hydrogens (tertiary/aromatic N) is 1. The third-order valence-corrected chi connectivity index (χ3v) is 4.48. The average molecular weight is 266 g/mol. The lowest BCUT2D eigenvalue weighted by molar-refractivity contribution is 0.117. The normalized spacial score (nSPS) is 14.2. The summed E-state index contributed by atoms with van der Waals surface area (Å²) in [6.07, 6.45) is -0.445. The van der Waals surface area contributed by atoms with Crippen LogP contribution in [0.3, 0.4) is 0 Å². The van der Waals surface area contributed by atoms with Gasteiger partial charge >= 0.3 is 0 Å². The monoisotopic (exact) mass is 266 g/mol. The second-order valence-corrected chi connectivity index (χ2v) is 6.55. The zero-order valence-corrected chi connectivity index (χ0v) is 12.0. The number of aliphatic hydroxyl groups is 1. The average Bonchev–Trinajstić information content (AvgIpc) is 2.31. The molecular formula is C11H26N2O3S. The first-order chi connectivity index (χ1) is 7.95. The molecule has 5 nitrogen and oxygen atoms in total. The van der Waals surface area contributed by atoms with E-state index in [4.69, 9.17) is 0 Å². The van der Waals surface area contributed by atoms with Crippen LogP contribution < -0.4 is 5.32 Å². The Morgan fingerprint density at radius 2 is 1.82 bits per heavy atom. The van der Waals surface area contributed by atoms with Gasteiger partial charge in [-0.05, 0) is 13.1 Å². The summed E-state index contributed by atoms with van der Waals surface area (Å²) in [5.74, 6) is 0.318. The van der Waals surface area contributed by atoms with Gasteiger partial charge in [-0.1, -0.05) is 20.8 Å². The highest BCUT2D eigenvalue weighted by atomic mass is 32.2. The van der Waals surface area contributed by atoms with Crippen LogP contribution in [0.2, 0.25) is 0 Å². The summed E-state index contributed by atoms with van der Waals surface area (Å²) in [5, 5.41) is 12.7. The number of rotatable bonds is 10. The van der Waals surface area contributed by atoms with Crippen molar-refractivity contribution in [1.82, 2.24) is 10.2 Å². The van der Waals surface area contributed by atoms with E-state index < -0.39 is 15.9 Å². The van der Waals surface area contributed by atoms with Crippen LogP contribution in [0.4, 0.5) is 0 Å². The Balaban J connectivity index is 3.68. The lowest BCUT2D eigenvalue weighted by Gasteiger charge is -2.22. The molecule has 0 aliphatic carbocycles. The van der Waals surface area contributed by atoms with Crippen molar-refractivity contribution < 1.29 is 13.5 Å². The Morgan fingerprint density at radius 1 is 1.24 bits per heavy atom. The van der Waals surface area contributed by atoms with Crippen LogP contribution in [-0.2, 0) is 9.84 Å². The number of aliphatic hydroxyl groups excluding tert-OH is 1. The van der Waals surface area contributed by atoms with Gasteiger partial charge in [0.1, 0.15) is 0 Å². The van der Waals surface area contributed by atoms with Crippen LogP contribution in [0.15, 0.2) is 0 Å². The summed E-state index contributed by atoms with van der Waals surface area (Å²) in [7, 11) is -2.90. The van der Waals surface area contributed by atoms with Crippen molar-refractivity contribution in [3.8, 4) is 0 Å². The first-order valence-electron chi connectivity index (χ1n) is 6.26. The maximum absolute atomic E-state index is 11.2. The molecule has 0 aromatic carbocycles. The summed E-state index contributed by atoms with van der Waals surface area (Å²) >= 11 is 0. The summed E-state index contributed by atoms with van der Waals surface area (Å²) in [6, 6.07) is 0. The number of nitrogens with one attached hydrogen (secondary N) is 1. The van der Waals surface area contributed by atoms with Gasteiger partial charge in [-0.25, -0.2) is 8.42 Å². The first-order valence-corrected chi connectivity index (χ1v) is 8.08. The van der Waals surface area contributed by atoms with Gasteiger partial charge < -0.3 is 15.3 Å². The molecule has 1 atom stereocenters. The van der Waals surface area contributed by atoms with E-state index in [2.05, 4.69) is 24.1 Å². The molecule has 0 heterocycles. The molecule has 1 unspecified atom stereocenters. The maximum Gasteiger partial charge on any atom is 0.151 e. The molecule has 0 aliphatic rings. The van der Waals surface area contributed by atoms with Gasteiger partial charge in [-0.2, -0.15) is 0 Å². The Labute approximate surface area is 105 Å². The highest BCUT2D eigenvalue weighted by molar-refractivity contribution is 7.91. The van der Waals surface area contributed by atoms with Crippen LogP contribution in [-0.4, -0.2) is 68.8 Å². The molecule has 0 saturated heterocycles. The molecule has 6 heteroatoms. The van der Waals surface area contributed by atoms with Gasteiger partial charge in [-0.3, -0.25) is 0 Å². The molecule has 0 aliphatic heterocycles. The van der Waals surface area contributed by atoms with Crippen LogP contribution >= 0.6 is 0 Å². The summed E-state index contributed by atoms with van der Waals surface area (Å²) in [5.41, 5.74) is 0. The number of sulfone groups is 1. The fraction of sp³-hybridized carbons (Fsp3) is 1.00. The van der Waals surface area contributed by atoms with Crippen LogP contribution in [0.1, 0.15) is 20.8 Å². The number of likely N-dealkylation sites (N-methyl/N-ethyl adjacent to an activating group) is 1. The zero-order chi connectivity index (χ0) is 13.3. The van der Waals surface area contributed by atoms with Crippen molar-refractivity contribution in [1.29, 1.82) is 0 Å². The molecule has 104 valence electrons. The summed E-state index contributed by atoms with van der Waals surface area (Å²) in [4.78, 5) is 2.13. The first kappa shape index (κ1) is 16.8. The maximum atomic E-state index is 11.2. The molecule has 0 radical (unpaired) electrons. The number of hydrogen-bond donors (Lipinski definition) is 2. The smallest absolute Gasteiger partial charge is 0.151 e. The molecule has 0 spiro atoms. The molecule has 2 N–H and O–H groups in total. The van der Waals surface area contributed by atoms with Gasteiger partial charge in [0.15, 0.2) is 9.84 Å². The topological polar surface area (TPSA) is 69.6 Å². The molecule has 0 bridgehead atoms. The van der Waals surface area contributed by atoms with Crippen LogP contribution in [0, 0.1) is 0 Å². The Bertz CT molecular complexity index is 276. The van der Waals surface area contributed by atoms with Gasteiger partial charge in [0.05, 0.1) is 11.9 Å². The molecule has 0 amide bonds. The molecule has 0 saturated carbocycles. The van der Waals surface area contributed by atoms with Crippen molar-refractivity contribution in [3.63, 3.8) is 0 Å². The van der Waals surface area contributed by atoms with Crippen LogP contribution in [0.25, 0.3) is 0 Å². The molecular weight excluding hydrogens is 240 g/mol. The van der Waals surface area contributed by atoms with Gasteiger partial charge in [0.25, 0.3) is 0 Å². The molecule has 0 aromatic heterocycles. The molecule has 0 rings (SSSR count). The van der Waals surface area contributed by atoms with Crippen molar-refractivity contribution >= 4 is 9.84 Å². The Kier molecular flexibility index (Phi) is 8.77. The fourth-order valence-electron chi connectivity index (χ4n) is 1.49. The SMILES string of the molecule is CCN(CC)CC(O)CNCCS(=O)(=O)CC. The van der Waals surface area contributed by atoms with Gasteiger partial charge in [0.2, 0.25) is 0 Å². The molecule has 0 aromatic rings. The van der Waals surface area contributed by atoms with Gasteiger partial charge in [-0.15, -0.1) is 0 Å². The van der Waals surface area contributed by atoms with E-state index in [1.165, 1.54) is 0 Å². The summed E-state index contributed by atoms with van der Waals surface area (Å²) < 4.78 is 22.4. The van der Waals surface area contributed by atoms with Crippen molar-refractivity contribution in [3.05, 3.63) is 0 Å². The largest absolute Gasteiger partial charge is 0.390 e. The van der Waals surface area contributed by atoms with Crippen molar-refractivity contribution in [2.45, 2.75) is 26.9 Å². The highest BCUT2D eigenvalue weighted by Gasteiger charge is 2.10. The lowest BCUT2D eigenvalue weighted by atomic mass is 10.3. The minimum atomic E-state index is -2.90. The van der Waals surface area contributed by atoms with E-state index in [0.29, 0.717) is 19.6 Å². The quantitative estimate of drug-likeness (QED) is 0.532. The van der Waals surface area contributed by atoms with Crippen molar-refractivity contribution in [2.75, 3.05) is 44.2 Å². The van der Waals surface area contributed by atoms with Crippen LogP contribution in [0.5, 0.6) is 0 Å². The van der Waals surface area contributed by atoms with E-state index in [0.717, 1.165) is 13.1 Å². The van der Waals surface area contributed by atoms with E-state index in [1.807, 2.05) is 0 Å². The predicted molar refractivity (Wildman–Crippen MR) is 71.0 cm³/mol. The second-order valence-electron chi connectivity index (χ2n) is 4.08. The third-order valence-electron chi connectivity index (χ3n) is 2.77. The Hall–Kier alpha value is -0.170. The van der Waals surface area contributed by atoms with Gasteiger partial charge in [0, 0.05) is 25.4 Å². The Morgan fingerprint density at radius 3 is 2.29 bits per heavy atom. The third kappa shape index (κ3) is 8.54. The minimum absolute atomic E-state index is 0.140. The lowest BCUT2D eigenvalue weighted by Crippen LogP contribution is -2.39. The molecule has 0 fully saturated rings. The second kappa shape index (κ2) is 8.85. The predicted octanol–water partition coefficient (Wildman–Crippen LogP) is -0.287. The summed E-state index contributed by atoms with van der Waals surface area (Å²) in [6.45, 7) is 9.05. The highest BCUT2D eigenvalue weighted by Crippen LogP contribution is 1.92. The number of hydrogen-bond acceptors (Lipinski definition) is 5. The van der Waals surface area contributed by atoms with Crippen molar-refractivity contribution in [2.24, 2.45) is 0 Å². The minimum Gasteiger partial charge on any atom is -0.390 e. The molecule has 17 heavy (non-hydrogen) atoms. The fourth-order valence-corrected chi connectivity index (χ4v) is 2.23. The van der Waals surface area contributed by atoms with E-state index >= 15 is 0 Å². The standard InChI is InChI=1S/C11H26N2O3S/c1-4-13(5-2)10-11(14)9-12-7-8-17(15,16)6-3/h11-12,14H,4-10H2,1-3H3. The van der Waals surface area contributed by atoms with E-state index in [9.17, 15) is 13.5 Å².